The highest BCUT2D eigenvalue weighted by Crippen LogP contribution is 2.29. The molecule has 0 radical (unpaired) electrons. The second-order valence-corrected chi connectivity index (χ2v) is 7.38. The molecule has 0 aromatic heterocycles. The van der Waals surface area contributed by atoms with Crippen LogP contribution >= 0.6 is 23.4 Å². The van der Waals surface area contributed by atoms with Crippen LogP contribution in [-0.4, -0.2) is 18.2 Å². The van der Waals surface area contributed by atoms with Crippen LogP contribution in [0.15, 0.2) is 35.2 Å². The van der Waals surface area contributed by atoms with Gasteiger partial charge >= 0.3 is 0 Å². The third-order valence-corrected chi connectivity index (χ3v) is 5.24. The van der Waals surface area contributed by atoms with E-state index in [9.17, 15) is 18.0 Å². The number of carbonyl (C=O) groups excluding carboxylic acids is 1. The van der Waals surface area contributed by atoms with E-state index in [2.05, 4.69) is 5.32 Å². The molecule has 0 aliphatic rings. The van der Waals surface area contributed by atoms with Gasteiger partial charge in [-0.05, 0) is 42.8 Å². The van der Waals surface area contributed by atoms with Crippen LogP contribution in [0.5, 0.6) is 0 Å². The van der Waals surface area contributed by atoms with Crippen molar-refractivity contribution >= 4 is 35.0 Å². The van der Waals surface area contributed by atoms with Gasteiger partial charge in [-0.15, -0.1) is 11.8 Å². The van der Waals surface area contributed by atoms with Gasteiger partial charge in [0.1, 0.15) is 0 Å². The molecule has 140 valence electrons. The number of carbonyl (C=O) groups is 1. The molecule has 1 amide bonds. The number of anilines is 1. The summed E-state index contributed by atoms with van der Waals surface area (Å²) in [6, 6.07) is 6.12. The van der Waals surface area contributed by atoms with Gasteiger partial charge in [-0.2, -0.15) is 0 Å². The number of nitrogens with one attached hydrogen (secondary N) is 1. The van der Waals surface area contributed by atoms with Gasteiger partial charge in [-0.1, -0.05) is 18.5 Å². The van der Waals surface area contributed by atoms with Gasteiger partial charge in [0, 0.05) is 28.3 Å². The molecule has 3 N–H and O–H groups in total. The molecule has 1 unspecified atom stereocenters. The molecular formula is C18H18ClF3N2OS. The zero-order chi connectivity index (χ0) is 19.3. The minimum Gasteiger partial charge on any atom is -0.330 e. The Bertz CT molecular complexity index is 781. The Labute approximate surface area is 159 Å². The topological polar surface area (TPSA) is 55.1 Å². The molecule has 2 aromatic carbocycles. The molecule has 0 heterocycles. The number of hydrogen-bond acceptors (Lipinski definition) is 3. The molecule has 0 saturated heterocycles. The maximum absolute atomic E-state index is 13.2. The molecule has 2 rings (SSSR count). The summed E-state index contributed by atoms with van der Waals surface area (Å²) in [5.41, 5.74) is 5.68. The van der Waals surface area contributed by atoms with Gasteiger partial charge in [-0.3, -0.25) is 4.79 Å². The Morgan fingerprint density at radius 2 is 1.88 bits per heavy atom. The van der Waals surface area contributed by atoms with Crippen LogP contribution in [0.1, 0.15) is 23.7 Å². The first-order valence-corrected chi connectivity index (χ1v) is 9.26. The van der Waals surface area contributed by atoms with Gasteiger partial charge < -0.3 is 11.1 Å². The third kappa shape index (κ3) is 5.40. The van der Waals surface area contributed by atoms with Crippen LogP contribution < -0.4 is 11.1 Å². The van der Waals surface area contributed by atoms with Crippen molar-refractivity contribution in [2.75, 3.05) is 17.6 Å². The van der Waals surface area contributed by atoms with Crippen molar-refractivity contribution in [1.29, 1.82) is 0 Å². The number of rotatable bonds is 7. The number of hydrogen-bond donors (Lipinski definition) is 2. The molecule has 8 heteroatoms. The molecule has 2 aromatic rings. The first-order chi connectivity index (χ1) is 12.3. The van der Waals surface area contributed by atoms with Crippen molar-refractivity contribution in [3.8, 4) is 0 Å². The normalized spacial score (nSPS) is 12.1. The Hall–Kier alpha value is -1.70. The van der Waals surface area contributed by atoms with Crippen LogP contribution in [0.4, 0.5) is 18.9 Å². The number of amides is 1. The highest BCUT2D eigenvalue weighted by molar-refractivity contribution is 7.99. The van der Waals surface area contributed by atoms with Crippen molar-refractivity contribution < 1.29 is 18.0 Å². The Kier molecular flexibility index (Phi) is 7.37. The van der Waals surface area contributed by atoms with Crippen molar-refractivity contribution in [3.05, 3.63) is 58.4 Å². The fraction of sp³-hybridized carbons (Fsp3) is 0.278. The van der Waals surface area contributed by atoms with E-state index in [4.69, 9.17) is 17.3 Å². The van der Waals surface area contributed by atoms with E-state index in [0.29, 0.717) is 17.5 Å². The van der Waals surface area contributed by atoms with Gasteiger partial charge in [0.25, 0.3) is 5.91 Å². The highest BCUT2D eigenvalue weighted by atomic mass is 35.5. The molecular weight excluding hydrogens is 385 g/mol. The average molecular weight is 403 g/mol. The van der Waals surface area contributed by atoms with Crippen LogP contribution in [0.2, 0.25) is 5.02 Å². The second-order valence-electron chi connectivity index (χ2n) is 5.83. The average Bonchev–Trinajstić information content (AvgIpc) is 2.60. The predicted molar refractivity (Wildman–Crippen MR) is 99.3 cm³/mol. The summed E-state index contributed by atoms with van der Waals surface area (Å²) >= 11 is 7.65. The number of benzene rings is 2. The summed E-state index contributed by atoms with van der Waals surface area (Å²) in [5, 5.41) is 2.85. The minimum absolute atomic E-state index is 0.174. The first kappa shape index (κ1) is 20.6. The second kappa shape index (κ2) is 9.30. The van der Waals surface area contributed by atoms with Gasteiger partial charge in [-0.25, -0.2) is 13.2 Å². The van der Waals surface area contributed by atoms with Gasteiger partial charge in [0.05, 0.1) is 5.02 Å². The summed E-state index contributed by atoms with van der Waals surface area (Å²) in [4.78, 5) is 13.0. The lowest BCUT2D eigenvalue weighted by molar-refractivity contribution is 0.102. The largest absolute Gasteiger partial charge is 0.330 e. The van der Waals surface area contributed by atoms with Crippen molar-refractivity contribution in [3.63, 3.8) is 0 Å². The lowest BCUT2D eigenvalue weighted by Crippen LogP contribution is -2.13. The minimum atomic E-state index is -1.58. The van der Waals surface area contributed by atoms with E-state index in [-0.39, 0.29) is 11.3 Å². The molecule has 0 saturated carbocycles. The molecule has 0 bridgehead atoms. The van der Waals surface area contributed by atoms with Crippen LogP contribution in [0.3, 0.4) is 0 Å². The Balaban J connectivity index is 2.10. The Morgan fingerprint density at radius 1 is 1.23 bits per heavy atom. The zero-order valence-electron chi connectivity index (χ0n) is 14.0. The maximum Gasteiger partial charge on any atom is 0.255 e. The quantitative estimate of drug-likeness (QED) is 0.501. The Morgan fingerprint density at radius 3 is 2.50 bits per heavy atom. The SMILES string of the molecule is CC(CN)CCSc1cc(C(=O)Nc2cc(F)c(F)c(F)c2)ccc1Cl. The van der Waals surface area contributed by atoms with E-state index in [0.717, 1.165) is 29.2 Å². The molecule has 3 nitrogen and oxygen atoms in total. The van der Waals surface area contributed by atoms with Crippen LogP contribution in [-0.2, 0) is 0 Å². The fourth-order valence-corrected chi connectivity index (χ4v) is 3.51. The van der Waals surface area contributed by atoms with Crippen LogP contribution in [0.25, 0.3) is 0 Å². The molecule has 0 aliphatic carbocycles. The summed E-state index contributed by atoms with van der Waals surface area (Å²) in [6.07, 6.45) is 0.905. The lowest BCUT2D eigenvalue weighted by Gasteiger charge is -2.11. The zero-order valence-corrected chi connectivity index (χ0v) is 15.6. The van der Waals surface area contributed by atoms with Gasteiger partial charge in [0.15, 0.2) is 17.5 Å². The third-order valence-electron chi connectivity index (χ3n) is 3.71. The fourth-order valence-electron chi connectivity index (χ4n) is 2.07. The monoisotopic (exact) mass is 402 g/mol. The van der Waals surface area contributed by atoms with E-state index >= 15 is 0 Å². The molecule has 1 atom stereocenters. The maximum atomic E-state index is 13.2. The summed E-state index contributed by atoms with van der Waals surface area (Å²) < 4.78 is 39.5. The van der Waals surface area contributed by atoms with E-state index in [1.165, 1.54) is 17.8 Å². The van der Waals surface area contributed by atoms with E-state index in [1.54, 1.807) is 12.1 Å². The highest BCUT2D eigenvalue weighted by Gasteiger charge is 2.14. The smallest absolute Gasteiger partial charge is 0.255 e. The number of thioether (sulfide) groups is 1. The summed E-state index contributed by atoms with van der Waals surface area (Å²) in [5.74, 6) is -3.74. The van der Waals surface area contributed by atoms with Crippen molar-refractivity contribution in [2.45, 2.75) is 18.2 Å². The van der Waals surface area contributed by atoms with Gasteiger partial charge in [0.2, 0.25) is 0 Å². The molecule has 26 heavy (non-hydrogen) atoms. The van der Waals surface area contributed by atoms with E-state index in [1.807, 2.05) is 6.92 Å². The standard InChI is InChI=1S/C18H18ClF3N2OS/c1-10(9-23)4-5-26-16-6-11(2-3-13(16)19)18(25)24-12-7-14(20)17(22)15(21)8-12/h2-3,6-8,10H,4-5,9,23H2,1H3,(H,24,25). The summed E-state index contributed by atoms with van der Waals surface area (Å²) in [6.45, 7) is 2.65. The lowest BCUT2D eigenvalue weighted by atomic mass is 10.1. The van der Waals surface area contributed by atoms with Crippen molar-refractivity contribution in [2.24, 2.45) is 11.7 Å². The number of nitrogens with two attached hydrogens (primary N) is 1. The number of halogens is 4. The molecule has 0 aliphatic heterocycles. The van der Waals surface area contributed by atoms with Crippen molar-refractivity contribution in [1.82, 2.24) is 0 Å². The summed E-state index contributed by atoms with van der Waals surface area (Å²) in [7, 11) is 0. The van der Waals surface area contributed by atoms with E-state index < -0.39 is 23.4 Å². The molecule has 0 spiro atoms. The van der Waals surface area contributed by atoms with Crippen LogP contribution in [0, 0.1) is 23.4 Å². The molecule has 0 fully saturated rings. The predicted octanol–water partition coefficient (Wildman–Crippen LogP) is 5.09. The first-order valence-electron chi connectivity index (χ1n) is 7.90.